The molecule has 0 bridgehead atoms. The highest BCUT2D eigenvalue weighted by atomic mass is 19.4. The molecule has 3 aromatic rings. The van der Waals surface area contributed by atoms with Crippen LogP contribution in [0, 0.1) is 6.92 Å². The smallest absolute Gasteiger partial charge is 0.389 e. The number of alkyl halides is 3. The van der Waals surface area contributed by atoms with Crippen molar-refractivity contribution in [3.05, 3.63) is 71.1 Å². The van der Waals surface area contributed by atoms with Crippen molar-refractivity contribution in [1.82, 2.24) is 9.97 Å². The number of carbonyl (C=O) groups is 1. The van der Waals surface area contributed by atoms with Gasteiger partial charge in [-0.3, -0.25) is 14.8 Å². The topological polar surface area (TPSA) is 75.1 Å². The van der Waals surface area contributed by atoms with Crippen LogP contribution in [-0.4, -0.2) is 27.2 Å². The molecular formula is C21H18F3N3O2. The average Bonchev–Trinajstić information content (AvgIpc) is 2.65. The molecule has 150 valence electrons. The third kappa shape index (κ3) is 4.97. The molecule has 0 saturated heterocycles. The van der Waals surface area contributed by atoms with Gasteiger partial charge in [-0.1, -0.05) is 12.1 Å². The van der Waals surface area contributed by atoms with Gasteiger partial charge >= 0.3 is 6.18 Å². The maximum Gasteiger partial charge on any atom is 0.409 e. The molecule has 1 aromatic carbocycles. The largest absolute Gasteiger partial charge is 0.409 e. The monoisotopic (exact) mass is 401 g/mol. The number of anilines is 1. The number of aliphatic hydroxyl groups excluding tert-OH is 1. The number of hydrogen-bond donors (Lipinski definition) is 2. The summed E-state index contributed by atoms with van der Waals surface area (Å²) in [6, 6.07) is 7.91. The molecule has 0 spiro atoms. The molecule has 1 unspecified atom stereocenters. The second-order valence-electron chi connectivity index (χ2n) is 6.56. The summed E-state index contributed by atoms with van der Waals surface area (Å²) in [7, 11) is 0. The average molecular weight is 401 g/mol. The van der Waals surface area contributed by atoms with E-state index in [4.69, 9.17) is 0 Å². The van der Waals surface area contributed by atoms with Crippen molar-refractivity contribution in [3.63, 3.8) is 0 Å². The molecule has 1 atom stereocenters. The van der Waals surface area contributed by atoms with E-state index in [0.29, 0.717) is 33.4 Å². The number of rotatable bonds is 4. The third-order valence-electron chi connectivity index (χ3n) is 4.37. The SMILES string of the molecule is Cc1c(C=CC(F)(F)F)cccc1C(=O)Nc1cnc2cc(C(C)O)cnc2c1. The predicted molar refractivity (Wildman–Crippen MR) is 104 cm³/mol. The van der Waals surface area contributed by atoms with Gasteiger partial charge in [-0.05, 0) is 49.2 Å². The summed E-state index contributed by atoms with van der Waals surface area (Å²) in [4.78, 5) is 21.1. The molecule has 2 N–H and O–H groups in total. The molecule has 0 radical (unpaired) electrons. The van der Waals surface area contributed by atoms with Gasteiger partial charge < -0.3 is 10.4 Å². The molecular weight excluding hydrogens is 383 g/mol. The zero-order valence-corrected chi connectivity index (χ0v) is 15.7. The lowest BCUT2D eigenvalue weighted by Crippen LogP contribution is -2.14. The minimum atomic E-state index is -4.43. The van der Waals surface area contributed by atoms with Crippen LogP contribution in [0.5, 0.6) is 0 Å². The van der Waals surface area contributed by atoms with Crippen molar-refractivity contribution in [2.45, 2.75) is 26.1 Å². The summed E-state index contributed by atoms with van der Waals surface area (Å²) in [5.41, 5.74) is 3.11. The standard InChI is InChI=1S/C21H18F3N3O2/c1-12-14(6-7-21(22,23)24)4-3-5-17(12)20(29)27-16-9-19-18(26-11-16)8-15(10-25-19)13(2)28/h3-11,13,28H,1-2H3,(H,27,29). The van der Waals surface area contributed by atoms with Gasteiger partial charge in [0.2, 0.25) is 0 Å². The summed E-state index contributed by atoms with van der Waals surface area (Å²) in [5.74, 6) is -0.466. The maximum absolute atomic E-state index is 12.6. The third-order valence-corrected chi connectivity index (χ3v) is 4.37. The van der Waals surface area contributed by atoms with Gasteiger partial charge in [-0.25, -0.2) is 0 Å². The summed E-state index contributed by atoms with van der Waals surface area (Å²) < 4.78 is 37.3. The Labute approximate surface area is 164 Å². The molecule has 0 aliphatic carbocycles. The molecule has 2 heterocycles. The lowest BCUT2D eigenvalue weighted by molar-refractivity contribution is -0.0790. The van der Waals surface area contributed by atoms with Gasteiger partial charge in [0.15, 0.2) is 0 Å². The van der Waals surface area contributed by atoms with Crippen LogP contribution in [0.15, 0.2) is 48.8 Å². The fourth-order valence-electron chi connectivity index (χ4n) is 2.78. The Kier molecular flexibility index (Phi) is 5.65. The molecule has 3 rings (SSSR count). The molecule has 2 aromatic heterocycles. The number of aromatic nitrogens is 2. The van der Waals surface area contributed by atoms with Gasteiger partial charge in [0.1, 0.15) is 0 Å². The number of allylic oxidation sites excluding steroid dienone is 1. The van der Waals surface area contributed by atoms with Crippen LogP contribution in [0.25, 0.3) is 17.1 Å². The van der Waals surface area contributed by atoms with Crippen LogP contribution in [0.4, 0.5) is 18.9 Å². The van der Waals surface area contributed by atoms with Gasteiger partial charge in [-0.2, -0.15) is 13.2 Å². The first kappa shape index (κ1) is 20.5. The fraction of sp³-hybridized carbons (Fsp3) is 0.190. The van der Waals surface area contributed by atoms with Gasteiger partial charge in [0.25, 0.3) is 5.91 Å². The van der Waals surface area contributed by atoms with E-state index < -0.39 is 18.2 Å². The molecule has 0 fully saturated rings. The minimum absolute atomic E-state index is 0.136. The van der Waals surface area contributed by atoms with Crippen molar-refractivity contribution < 1.29 is 23.1 Å². The van der Waals surface area contributed by atoms with Crippen LogP contribution >= 0.6 is 0 Å². The van der Waals surface area contributed by atoms with Crippen molar-refractivity contribution >= 4 is 28.7 Å². The summed E-state index contributed by atoms with van der Waals surface area (Å²) in [6.45, 7) is 3.21. The molecule has 0 aliphatic rings. The Bertz CT molecular complexity index is 1090. The molecule has 0 aliphatic heterocycles. The minimum Gasteiger partial charge on any atom is -0.389 e. The van der Waals surface area contributed by atoms with E-state index >= 15 is 0 Å². The van der Waals surface area contributed by atoms with E-state index in [1.54, 1.807) is 26.0 Å². The second-order valence-corrected chi connectivity index (χ2v) is 6.56. The van der Waals surface area contributed by atoms with Crippen LogP contribution in [-0.2, 0) is 0 Å². The van der Waals surface area contributed by atoms with E-state index in [9.17, 15) is 23.1 Å². The lowest BCUT2D eigenvalue weighted by Gasteiger charge is -2.11. The van der Waals surface area contributed by atoms with Crippen LogP contribution < -0.4 is 5.32 Å². The number of benzene rings is 1. The van der Waals surface area contributed by atoms with Crippen LogP contribution in [0.2, 0.25) is 0 Å². The second kappa shape index (κ2) is 8.00. The highest BCUT2D eigenvalue weighted by Gasteiger charge is 2.22. The van der Waals surface area contributed by atoms with Gasteiger partial charge in [0.05, 0.1) is 29.0 Å². The Morgan fingerprint density at radius 3 is 2.55 bits per heavy atom. The Hall–Kier alpha value is -3.26. The Morgan fingerprint density at radius 1 is 1.17 bits per heavy atom. The number of pyridine rings is 2. The number of hydrogen-bond acceptors (Lipinski definition) is 4. The maximum atomic E-state index is 12.6. The number of nitrogens with zero attached hydrogens (tertiary/aromatic N) is 2. The summed E-state index contributed by atoms with van der Waals surface area (Å²) in [6.07, 6.45) is -1.04. The Morgan fingerprint density at radius 2 is 1.86 bits per heavy atom. The van der Waals surface area contributed by atoms with E-state index in [1.807, 2.05) is 0 Å². The molecule has 5 nitrogen and oxygen atoms in total. The van der Waals surface area contributed by atoms with Crippen molar-refractivity contribution in [2.75, 3.05) is 5.32 Å². The zero-order chi connectivity index (χ0) is 21.2. The number of nitrogens with one attached hydrogen (secondary N) is 1. The first-order valence-electron chi connectivity index (χ1n) is 8.75. The molecule has 29 heavy (non-hydrogen) atoms. The normalized spacial score (nSPS) is 13.0. The number of halogens is 3. The molecule has 8 heteroatoms. The number of fused-ring (bicyclic) bond motifs is 1. The molecule has 1 amide bonds. The van der Waals surface area contributed by atoms with Gasteiger partial charge in [0, 0.05) is 23.4 Å². The highest BCUT2D eigenvalue weighted by molar-refractivity contribution is 6.06. The molecule has 0 saturated carbocycles. The summed E-state index contributed by atoms with van der Waals surface area (Å²) >= 11 is 0. The van der Waals surface area contributed by atoms with E-state index in [2.05, 4.69) is 15.3 Å². The number of carbonyl (C=O) groups excluding carboxylic acids is 1. The lowest BCUT2D eigenvalue weighted by atomic mass is 10.0. The zero-order valence-electron chi connectivity index (χ0n) is 15.7. The van der Waals surface area contributed by atoms with Crippen molar-refractivity contribution in [3.8, 4) is 0 Å². The van der Waals surface area contributed by atoms with Crippen LogP contribution in [0.1, 0.15) is 40.1 Å². The first-order chi connectivity index (χ1) is 13.6. The highest BCUT2D eigenvalue weighted by Crippen LogP contribution is 2.23. The van der Waals surface area contributed by atoms with Crippen LogP contribution in [0.3, 0.4) is 0 Å². The van der Waals surface area contributed by atoms with E-state index in [-0.39, 0.29) is 11.6 Å². The fourth-order valence-corrected chi connectivity index (χ4v) is 2.78. The van der Waals surface area contributed by atoms with Gasteiger partial charge in [-0.15, -0.1) is 0 Å². The predicted octanol–water partition coefficient (Wildman–Crippen LogP) is 4.82. The Balaban J connectivity index is 1.85. The number of amides is 1. The quantitative estimate of drug-likeness (QED) is 0.657. The van der Waals surface area contributed by atoms with E-state index in [1.165, 1.54) is 30.6 Å². The number of aliphatic hydroxyl groups is 1. The van der Waals surface area contributed by atoms with Crippen molar-refractivity contribution in [2.24, 2.45) is 0 Å². The summed E-state index contributed by atoms with van der Waals surface area (Å²) in [5, 5.41) is 12.3. The van der Waals surface area contributed by atoms with E-state index in [0.717, 1.165) is 6.08 Å². The first-order valence-corrected chi connectivity index (χ1v) is 8.75. The van der Waals surface area contributed by atoms with Crippen molar-refractivity contribution in [1.29, 1.82) is 0 Å².